The molecule has 0 fully saturated rings. The van der Waals surface area contributed by atoms with Crippen molar-refractivity contribution in [3.8, 4) is 33.4 Å². The summed E-state index contributed by atoms with van der Waals surface area (Å²) in [5.74, 6) is 0. The Bertz CT molecular complexity index is 2720. The molecule has 0 radical (unpaired) electrons. The summed E-state index contributed by atoms with van der Waals surface area (Å²) in [6, 6.07) is 56.0. The lowest BCUT2D eigenvalue weighted by Gasteiger charge is -2.18. The topological polar surface area (TPSA) is 26.3 Å². The van der Waals surface area contributed by atoms with Crippen molar-refractivity contribution in [3.05, 3.63) is 158 Å². The lowest BCUT2D eigenvalue weighted by molar-refractivity contribution is 0.663. The van der Waals surface area contributed by atoms with Crippen LogP contribution in [0.1, 0.15) is 0 Å². The highest BCUT2D eigenvalue weighted by molar-refractivity contribution is 6.31. The third kappa shape index (κ3) is 3.59. The number of fused-ring (bicyclic) bond motifs is 9. The van der Waals surface area contributed by atoms with Gasteiger partial charge in [0.15, 0.2) is 0 Å². The Balaban J connectivity index is 1.31. The smallest absolute Gasteiger partial charge is 0.136 e. The zero-order valence-corrected chi connectivity index (χ0v) is 24.8. The van der Waals surface area contributed by atoms with Crippen LogP contribution >= 0.6 is 0 Å². The number of furan rings is 2. The van der Waals surface area contributed by atoms with Crippen molar-refractivity contribution < 1.29 is 8.83 Å². The van der Waals surface area contributed by atoms with Crippen LogP contribution in [-0.2, 0) is 0 Å². The second kappa shape index (κ2) is 9.69. The summed E-state index contributed by atoms with van der Waals surface area (Å²) >= 11 is 0. The highest BCUT2D eigenvalue weighted by atomic mass is 16.3. The van der Waals surface area contributed by atoms with Gasteiger partial charge in [-0.15, -0.1) is 0 Å². The number of para-hydroxylation sites is 1. The van der Waals surface area contributed by atoms with Gasteiger partial charge in [0.2, 0.25) is 0 Å². The van der Waals surface area contributed by atoms with E-state index in [1.54, 1.807) is 0 Å². The number of hydrogen-bond acceptors (Lipinski definition) is 2. The van der Waals surface area contributed by atoms with Gasteiger partial charge in [-0.25, -0.2) is 0 Å². The van der Waals surface area contributed by atoms with Crippen LogP contribution in [0.3, 0.4) is 0 Å². The average Bonchev–Trinajstić information content (AvgIpc) is 3.69. The molecule has 0 bridgehead atoms. The maximum Gasteiger partial charge on any atom is 0.136 e. The fraction of sp³-hybridized carbons (Fsp3) is 0. The average molecular weight is 587 g/mol. The first kappa shape index (κ1) is 25.2. The summed E-state index contributed by atoms with van der Waals surface area (Å²) in [5, 5.41) is 9.31. The van der Waals surface area contributed by atoms with E-state index in [0.717, 1.165) is 49.4 Å². The molecule has 2 heteroatoms. The molecule has 46 heavy (non-hydrogen) atoms. The highest BCUT2D eigenvalue weighted by Crippen LogP contribution is 2.48. The van der Waals surface area contributed by atoms with Crippen molar-refractivity contribution in [2.75, 3.05) is 0 Å². The van der Waals surface area contributed by atoms with E-state index in [1.807, 2.05) is 24.3 Å². The molecule has 10 rings (SSSR count). The molecule has 214 valence electrons. The largest absolute Gasteiger partial charge is 0.456 e. The highest BCUT2D eigenvalue weighted by Gasteiger charge is 2.22. The Morgan fingerprint density at radius 2 is 0.739 bits per heavy atom. The molecule has 0 aliphatic heterocycles. The fourth-order valence-electron chi connectivity index (χ4n) is 7.52. The van der Waals surface area contributed by atoms with Gasteiger partial charge in [-0.05, 0) is 79.2 Å². The van der Waals surface area contributed by atoms with Crippen LogP contribution in [0.15, 0.2) is 167 Å². The van der Waals surface area contributed by atoms with E-state index in [2.05, 4.69) is 133 Å². The van der Waals surface area contributed by atoms with E-state index in [1.165, 1.54) is 49.4 Å². The lowest BCUT2D eigenvalue weighted by atomic mass is 9.84. The normalized spacial score (nSPS) is 11.9. The first-order chi connectivity index (χ1) is 22.8. The third-order valence-electron chi connectivity index (χ3n) is 9.48. The second-order valence-corrected chi connectivity index (χ2v) is 12.0. The maximum atomic E-state index is 6.56. The third-order valence-corrected chi connectivity index (χ3v) is 9.48. The van der Waals surface area contributed by atoms with Crippen molar-refractivity contribution in [1.82, 2.24) is 0 Å². The van der Waals surface area contributed by atoms with Crippen molar-refractivity contribution in [2.24, 2.45) is 0 Å². The molecule has 0 saturated carbocycles. The van der Waals surface area contributed by atoms with E-state index >= 15 is 0 Å². The van der Waals surface area contributed by atoms with E-state index in [9.17, 15) is 0 Å². The predicted molar refractivity (Wildman–Crippen MR) is 192 cm³/mol. The Hall–Kier alpha value is -6.12. The van der Waals surface area contributed by atoms with Crippen molar-refractivity contribution in [3.63, 3.8) is 0 Å². The van der Waals surface area contributed by atoms with Crippen LogP contribution in [0.2, 0.25) is 0 Å². The van der Waals surface area contributed by atoms with E-state index in [0.29, 0.717) is 0 Å². The summed E-state index contributed by atoms with van der Waals surface area (Å²) in [6.07, 6.45) is 0. The Morgan fingerprint density at radius 3 is 1.43 bits per heavy atom. The van der Waals surface area contributed by atoms with Gasteiger partial charge >= 0.3 is 0 Å². The Morgan fingerprint density at radius 1 is 0.261 bits per heavy atom. The second-order valence-electron chi connectivity index (χ2n) is 12.0. The van der Waals surface area contributed by atoms with E-state index in [4.69, 9.17) is 8.83 Å². The van der Waals surface area contributed by atoms with Crippen LogP contribution in [0.5, 0.6) is 0 Å². The zero-order chi connectivity index (χ0) is 30.2. The molecular formula is C44H26O2. The standard InChI is InChI=1S/C44H26O2/c1-2-11-27(12-3-1)28-21-23-29(24-22-28)40-30-13-4-6-15-32(30)41(33-16-7-5-14-31(33)40)35-18-10-20-37-43(35)44-39(46-37)26-25-38-42(44)34-17-8-9-19-36(34)45-38/h1-26H. The van der Waals surface area contributed by atoms with E-state index < -0.39 is 0 Å². The SMILES string of the molecule is c1ccc(-c2ccc(-c3c4ccccc4c(-c4cccc5oc6ccc7oc8ccccc8c7c6c45)c4ccccc34)cc2)cc1. The Kier molecular flexibility index (Phi) is 5.31. The molecule has 0 N–H and O–H groups in total. The van der Waals surface area contributed by atoms with Gasteiger partial charge in [-0.1, -0.05) is 133 Å². The Labute approximate surface area is 264 Å². The summed E-state index contributed by atoms with van der Waals surface area (Å²) < 4.78 is 12.9. The van der Waals surface area contributed by atoms with Crippen molar-refractivity contribution >= 4 is 65.4 Å². The van der Waals surface area contributed by atoms with Crippen molar-refractivity contribution in [1.29, 1.82) is 0 Å². The molecule has 2 aromatic heterocycles. The molecule has 2 heterocycles. The molecule has 0 atom stereocenters. The van der Waals surface area contributed by atoms with Gasteiger partial charge in [0.1, 0.15) is 22.3 Å². The first-order valence-corrected chi connectivity index (χ1v) is 15.7. The van der Waals surface area contributed by atoms with Crippen LogP contribution < -0.4 is 0 Å². The fourth-order valence-corrected chi connectivity index (χ4v) is 7.52. The predicted octanol–water partition coefficient (Wildman–Crippen LogP) is 12.8. The summed E-state index contributed by atoms with van der Waals surface area (Å²) in [6.45, 7) is 0. The number of hydrogen-bond donors (Lipinski definition) is 0. The van der Waals surface area contributed by atoms with Gasteiger partial charge in [0.05, 0.1) is 0 Å². The van der Waals surface area contributed by atoms with Crippen LogP contribution in [-0.4, -0.2) is 0 Å². The van der Waals surface area contributed by atoms with Gasteiger partial charge in [0.25, 0.3) is 0 Å². The van der Waals surface area contributed by atoms with Gasteiger partial charge in [0, 0.05) is 21.5 Å². The molecule has 8 aromatic carbocycles. The zero-order valence-electron chi connectivity index (χ0n) is 24.8. The molecule has 10 aromatic rings. The van der Waals surface area contributed by atoms with Gasteiger partial charge < -0.3 is 8.83 Å². The minimum absolute atomic E-state index is 0.866. The summed E-state index contributed by atoms with van der Waals surface area (Å²) in [5.41, 5.74) is 10.8. The molecular weight excluding hydrogens is 560 g/mol. The van der Waals surface area contributed by atoms with Crippen LogP contribution in [0.25, 0.3) is 98.8 Å². The first-order valence-electron chi connectivity index (χ1n) is 15.7. The lowest BCUT2D eigenvalue weighted by Crippen LogP contribution is -1.91. The van der Waals surface area contributed by atoms with Gasteiger partial charge in [-0.3, -0.25) is 0 Å². The molecule has 0 aliphatic carbocycles. The molecule has 0 saturated heterocycles. The summed E-state index contributed by atoms with van der Waals surface area (Å²) in [7, 11) is 0. The monoisotopic (exact) mass is 586 g/mol. The number of benzene rings is 8. The van der Waals surface area contributed by atoms with Crippen LogP contribution in [0.4, 0.5) is 0 Å². The molecule has 0 spiro atoms. The van der Waals surface area contributed by atoms with E-state index in [-0.39, 0.29) is 0 Å². The number of rotatable bonds is 3. The summed E-state index contributed by atoms with van der Waals surface area (Å²) in [4.78, 5) is 0. The van der Waals surface area contributed by atoms with Crippen LogP contribution in [0, 0.1) is 0 Å². The molecule has 0 amide bonds. The maximum absolute atomic E-state index is 6.56. The molecule has 2 nitrogen and oxygen atoms in total. The quantitative estimate of drug-likeness (QED) is 0.193. The molecule has 0 aliphatic rings. The van der Waals surface area contributed by atoms with Crippen molar-refractivity contribution in [2.45, 2.75) is 0 Å². The minimum Gasteiger partial charge on any atom is -0.456 e. The molecule has 0 unspecified atom stereocenters. The minimum atomic E-state index is 0.866. The van der Waals surface area contributed by atoms with Gasteiger partial charge in [-0.2, -0.15) is 0 Å².